The van der Waals surface area contributed by atoms with E-state index < -0.39 is 11.4 Å². The van der Waals surface area contributed by atoms with Crippen molar-refractivity contribution in [2.75, 3.05) is 0 Å². The molecule has 78 valence electrons. The zero-order chi connectivity index (χ0) is 11.0. The molecule has 1 aromatic heterocycles. The highest BCUT2D eigenvalue weighted by Crippen LogP contribution is 2.19. The van der Waals surface area contributed by atoms with Gasteiger partial charge < -0.3 is 10.1 Å². The Labute approximate surface area is 88.3 Å². The van der Waals surface area contributed by atoms with Crippen LogP contribution in [0.25, 0.3) is 10.9 Å². The van der Waals surface area contributed by atoms with Crippen LogP contribution < -0.4 is 5.56 Å². The Morgan fingerprint density at radius 1 is 1.53 bits per heavy atom. The third kappa shape index (κ3) is 1.66. The fourth-order valence-electron chi connectivity index (χ4n) is 1.32. The lowest BCUT2D eigenvalue weighted by Crippen LogP contribution is -2.12. The van der Waals surface area contributed by atoms with Crippen LogP contribution in [0.3, 0.4) is 0 Å². The molecule has 15 heavy (non-hydrogen) atoms. The number of phenolic OH excluding ortho intramolecular Hbond substituents is 1. The Bertz CT molecular complexity index is 582. The molecular weight excluding hydrogens is 223 g/mol. The molecule has 0 amide bonds. The smallest absolute Gasteiger partial charge is 0.261 e. The normalized spacial score (nSPS) is 10.8. The van der Waals surface area contributed by atoms with Crippen LogP contribution in [0.1, 0.15) is 5.82 Å². The van der Waals surface area contributed by atoms with Gasteiger partial charge >= 0.3 is 0 Å². The molecule has 0 saturated heterocycles. The average Bonchev–Trinajstić information content (AvgIpc) is 2.15. The number of nitrogens with one attached hydrogen (secondary N) is 1. The summed E-state index contributed by atoms with van der Waals surface area (Å²) in [6.45, 7) is 0. The summed E-state index contributed by atoms with van der Waals surface area (Å²) in [4.78, 5) is 17.6. The van der Waals surface area contributed by atoms with E-state index in [9.17, 15) is 9.18 Å². The van der Waals surface area contributed by atoms with Gasteiger partial charge in [0.15, 0.2) is 0 Å². The van der Waals surface area contributed by atoms with E-state index in [4.69, 9.17) is 16.7 Å². The first kappa shape index (κ1) is 9.92. The summed E-state index contributed by atoms with van der Waals surface area (Å²) < 4.78 is 13.3. The molecule has 1 aromatic carbocycles. The molecule has 2 aromatic rings. The van der Waals surface area contributed by atoms with Crippen molar-refractivity contribution in [3.05, 3.63) is 34.1 Å². The van der Waals surface area contributed by atoms with E-state index in [1.54, 1.807) is 0 Å². The number of nitrogens with zero attached hydrogens (tertiary/aromatic N) is 1. The number of H-pyrrole nitrogens is 1. The number of rotatable bonds is 1. The minimum Gasteiger partial charge on any atom is -0.508 e. The lowest BCUT2D eigenvalue weighted by Gasteiger charge is -2.01. The third-order valence-electron chi connectivity index (χ3n) is 1.92. The van der Waals surface area contributed by atoms with Gasteiger partial charge in [-0.2, -0.15) is 0 Å². The average molecular weight is 229 g/mol. The zero-order valence-corrected chi connectivity index (χ0v) is 8.18. The lowest BCUT2D eigenvalue weighted by atomic mass is 10.2. The van der Waals surface area contributed by atoms with E-state index in [0.29, 0.717) is 0 Å². The second kappa shape index (κ2) is 3.51. The van der Waals surface area contributed by atoms with Gasteiger partial charge in [-0.15, -0.1) is 11.6 Å². The molecule has 0 saturated carbocycles. The SMILES string of the molecule is O=c1[nH]c(CCl)nc2cc(O)cc(F)c12. The van der Waals surface area contributed by atoms with Gasteiger partial charge in [0.25, 0.3) is 5.56 Å². The predicted molar refractivity (Wildman–Crippen MR) is 53.5 cm³/mol. The summed E-state index contributed by atoms with van der Waals surface area (Å²) in [5, 5.41) is 8.96. The number of hydrogen-bond acceptors (Lipinski definition) is 3. The van der Waals surface area contributed by atoms with Crippen LogP contribution >= 0.6 is 11.6 Å². The van der Waals surface area contributed by atoms with Gasteiger partial charge in [-0.3, -0.25) is 4.79 Å². The van der Waals surface area contributed by atoms with Gasteiger partial charge in [0.05, 0.1) is 11.4 Å². The highest BCUT2D eigenvalue weighted by molar-refractivity contribution is 6.16. The van der Waals surface area contributed by atoms with Crippen molar-refractivity contribution in [2.24, 2.45) is 0 Å². The van der Waals surface area contributed by atoms with Crippen LogP contribution in [0.15, 0.2) is 16.9 Å². The monoisotopic (exact) mass is 228 g/mol. The van der Waals surface area contributed by atoms with Gasteiger partial charge in [0.2, 0.25) is 0 Å². The summed E-state index contributed by atoms with van der Waals surface area (Å²) >= 11 is 5.49. The molecule has 0 radical (unpaired) electrons. The van der Waals surface area contributed by atoms with Crippen LogP contribution in [0.5, 0.6) is 5.75 Å². The van der Waals surface area contributed by atoms with E-state index in [1.165, 1.54) is 6.07 Å². The molecular formula is C9H6ClFN2O2. The van der Waals surface area contributed by atoms with Crippen molar-refractivity contribution >= 4 is 22.5 Å². The maximum absolute atomic E-state index is 13.3. The molecule has 0 spiro atoms. The maximum atomic E-state index is 13.3. The number of halogens is 2. The largest absolute Gasteiger partial charge is 0.508 e. The van der Waals surface area contributed by atoms with Crippen molar-refractivity contribution in [2.45, 2.75) is 5.88 Å². The summed E-state index contributed by atoms with van der Waals surface area (Å²) in [6, 6.07) is 2.07. The number of hydrogen-bond donors (Lipinski definition) is 2. The number of fused-ring (bicyclic) bond motifs is 1. The van der Waals surface area contributed by atoms with Crippen LogP contribution in [0.2, 0.25) is 0 Å². The Morgan fingerprint density at radius 3 is 2.93 bits per heavy atom. The maximum Gasteiger partial charge on any atom is 0.261 e. The molecule has 6 heteroatoms. The minimum absolute atomic E-state index is 0.0163. The minimum atomic E-state index is -0.806. The van der Waals surface area contributed by atoms with Crippen LogP contribution in [-0.4, -0.2) is 15.1 Å². The standard InChI is InChI=1S/C9H6ClFN2O2/c10-3-7-12-6-2-4(14)1-5(11)8(6)9(15)13-7/h1-2,14H,3H2,(H,12,13,15). The third-order valence-corrected chi connectivity index (χ3v) is 2.17. The molecule has 1 heterocycles. The fourth-order valence-corrected chi connectivity index (χ4v) is 1.45. The number of phenols is 1. The summed E-state index contributed by atoms with van der Waals surface area (Å²) in [5.41, 5.74) is -0.514. The van der Waals surface area contributed by atoms with Crippen LogP contribution in [0, 0.1) is 5.82 Å². The Kier molecular flexibility index (Phi) is 2.32. The van der Waals surface area contributed by atoms with Gasteiger partial charge in [-0.25, -0.2) is 9.37 Å². The fraction of sp³-hybridized carbons (Fsp3) is 0.111. The molecule has 0 aliphatic carbocycles. The molecule has 0 aliphatic heterocycles. The van der Waals surface area contributed by atoms with Gasteiger partial charge in [0.1, 0.15) is 22.8 Å². The highest BCUT2D eigenvalue weighted by atomic mass is 35.5. The van der Waals surface area contributed by atoms with Crippen LogP contribution in [0.4, 0.5) is 4.39 Å². The van der Waals surface area contributed by atoms with Gasteiger partial charge in [-0.1, -0.05) is 0 Å². The molecule has 0 bridgehead atoms. The lowest BCUT2D eigenvalue weighted by molar-refractivity contribution is 0.470. The highest BCUT2D eigenvalue weighted by Gasteiger charge is 2.09. The molecule has 0 aliphatic rings. The second-order valence-electron chi connectivity index (χ2n) is 2.97. The Balaban J connectivity index is 2.91. The first-order valence-corrected chi connectivity index (χ1v) is 4.62. The number of alkyl halides is 1. The molecule has 0 atom stereocenters. The van der Waals surface area contributed by atoms with Gasteiger partial charge in [0, 0.05) is 12.1 Å². The van der Waals surface area contributed by atoms with E-state index in [0.717, 1.165) is 6.07 Å². The Hall–Kier alpha value is -1.62. The van der Waals surface area contributed by atoms with E-state index >= 15 is 0 Å². The summed E-state index contributed by atoms with van der Waals surface area (Å²) in [6.07, 6.45) is 0. The van der Waals surface area contributed by atoms with Crippen molar-refractivity contribution in [1.29, 1.82) is 0 Å². The van der Waals surface area contributed by atoms with Crippen molar-refractivity contribution < 1.29 is 9.50 Å². The van der Waals surface area contributed by atoms with E-state index in [2.05, 4.69) is 9.97 Å². The van der Waals surface area contributed by atoms with E-state index in [-0.39, 0.29) is 28.4 Å². The predicted octanol–water partition coefficient (Wildman–Crippen LogP) is 1.51. The molecule has 4 nitrogen and oxygen atoms in total. The number of aromatic nitrogens is 2. The van der Waals surface area contributed by atoms with Gasteiger partial charge in [-0.05, 0) is 0 Å². The number of aromatic hydroxyl groups is 1. The quantitative estimate of drug-likeness (QED) is 0.727. The number of benzene rings is 1. The molecule has 2 N–H and O–H groups in total. The Morgan fingerprint density at radius 2 is 2.27 bits per heavy atom. The first-order chi connectivity index (χ1) is 7.11. The number of aromatic amines is 1. The zero-order valence-electron chi connectivity index (χ0n) is 7.42. The molecule has 0 unspecified atom stereocenters. The topological polar surface area (TPSA) is 66.0 Å². The van der Waals surface area contributed by atoms with E-state index in [1.807, 2.05) is 0 Å². The molecule has 2 rings (SSSR count). The van der Waals surface area contributed by atoms with Crippen molar-refractivity contribution in [1.82, 2.24) is 9.97 Å². The van der Waals surface area contributed by atoms with Crippen LogP contribution in [-0.2, 0) is 5.88 Å². The summed E-state index contributed by atoms with van der Waals surface area (Å²) in [5.74, 6) is -0.833. The van der Waals surface area contributed by atoms with Crippen molar-refractivity contribution in [3.8, 4) is 5.75 Å². The second-order valence-corrected chi connectivity index (χ2v) is 3.24. The first-order valence-electron chi connectivity index (χ1n) is 4.09. The van der Waals surface area contributed by atoms with Crippen molar-refractivity contribution in [3.63, 3.8) is 0 Å². The molecule has 0 fully saturated rings. The summed E-state index contributed by atoms with van der Waals surface area (Å²) in [7, 11) is 0.